The van der Waals surface area contributed by atoms with Crippen molar-refractivity contribution < 1.29 is 32.0 Å². The van der Waals surface area contributed by atoms with Gasteiger partial charge in [-0.3, -0.25) is 9.00 Å². The van der Waals surface area contributed by atoms with Crippen LogP contribution in [0.25, 0.3) is 0 Å². The van der Waals surface area contributed by atoms with Crippen molar-refractivity contribution in [1.29, 1.82) is 0 Å². The number of alkyl halides is 3. The van der Waals surface area contributed by atoms with Crippen LogP contribution in [0.3, 0.4) is 0 Å². The highest BCUT2D eigenvalue weighted by Crippen LogP contribution is 2.14. The Morgan fingerprint density at radius 1 is 1.43 bits per heavy atom. The molecule has 0 aromatic heterocycles. The smallest absolute Gasteiger partial charge is 0.411 e. The molecule has 0 aromatic carbocycles. The van der Waals surface area contributed by atoms with Crippen LogP contribution in [-0.4, -0.2) is 39.8 Å². The lowest BCUT2D eigenvalue weighted by Gasteiger charge is -2.06. The lowest BCUT2D eigenvalue weighted by Crippen LogP contribution is -2.19. The molecule has 0 amide bonds. The molecule has 0 rings (SSSR count). The Balaban J connectivity index is 3.50. The molecule has 0 aromatic rings. The van der Waals surface area contributed by atoms with E-state index in [1.807, 2.05) is 0 Å². The van der Waals surface area contributed by atoms with Gasteiger partial charge in [-0.2, -0.15) is 13.2 Å². The first-order valence-corrected chi connectivity index (χ1v) is 5.01. The van der Waals surface area contributed by atoms with E-state index in [-0.39, 0.29) is 12.2 Å². The number of rotatable bonds is 6. The zero-order valence-electron chi connectivity index (χ0n) is 7.04. The summed E-state index contributed by atoms with van der Waals surface area (Å²) < 4.78 is 49.4. The van der Waals surface area contributed by atoms with Crippen LogP contribution < -0.4 is 0 Å². The van der Waals surface area contributed by atoms with Crippen LogP contribution in [0, 0.1) is 0 Å². The number of halogens is 3. The van der Waals surface area contributed by atoms with Gasteiger partial charge in [-0.05, 0) is 0 Å². The number of hydrogen-bond acceptors (Lipinski definition) is 3. The molecule has 1 atom stereocenters. The van der Waals surface area contributed by atoms with E-state index >= 15 is 0 Å². The van der Waals surface area contributed by atoms with Gasteiger partial charge in [0.1, 0.15) is 12.5 Å². The van der Waals surface area contributed by atoms with E-state index in [0.29, 0.717) is 0 Å². The van der Waals surface area contributed by atoms with Gasteiger partial charge in [0.2, 0.25) is 0 Å². The van der Waals surface area contributed by atoms with Gasteiger partial charge >= 0.3 is 12.1 Å². The Kier molecular flexibility index (Phi) is 5.70. The molecule has 0 aliphatic carbocycles. The third-order valence-corrected chi connectivity index (χ3v) is 2.11. The summed E-state index contributed by atoms with van der Waals surface area (Å²) in [5, 5.41) is 8.16. The van der Waals surface area contributed by atoms with Gasteiger partial charge in [0.25, 0.3) is 0 Å². The number of carbonyl (C=O) groups is 1. The van der Waals surface area contributed by atoms with Crippen LogP contribution in [0.4, 0.5) is 13.2 Å². The molecule has 0 saturated heterocycles. The molecule has 0 heterocycles. The van der Waals surface area contributed by atoms with Gasteiger partial charge in [-0.25, -0.2) is 0 Å². The molecule has 0 aliphatic heterocycles. The highest BCUT2D eigenvalue weighted by atomic mass is 32.2. The minimum Gasteiger partial charge on any atom is -0.481 e. The van der Waals surface area contributed by atoms with Gasteiger partial charge in [-0.15, -0.1) is 0 Å². The summed E-state index contributed by atoms with van der Waals surface area (Å²) in [7, 11) is -1.68. The molecule has 14 heavy (non-hydrogen) atoms. The van der Waals surface area contributed by atoms with Crippen LogP contribution in [-0.2, 0) is 20.3 Å². The molecule has 0 spiro atoms. The lowest BCUT2D eigenvalue weighted by molar-refractivity contribution is -0.169. The van der Waals surface area contributed by atoms with E-state index in [1.54, 1.807) is 0 Å². The fraction of sp³-hybridized carbons (Fsp3) is 0.833. The van der Waals surface area contributed by atoms with Gasteiger partial charge < -0.3 is 9.84 Å². The molecule has 0 fully saturated rings. The Bertz CT molecular complexity index is 216. The van der Waals surface area contributed by atoms with E-state index in [2.05, 4.69) is 4.74 Å². The molecule has 0 radical (unpaired) electrons. The topological polar surface area (TPSA) is 63.6 Å². The number of aliphatic carboxylic acids is 1. The monoisotopic (exact) mass is 234 g/mol. The fourth-order valence-electron chi connectivity index (χ4n) is 0.510. The van der Waals surface area contributed by atoms with Gasteiger partial charge in [0.05, 0.1) is 6.42 Å². The quantitative estimate of drug-likeness (QED) is 0.736. The molecule has 0 aliphatic rings. The molecule has 4 nitrogen and oxygen atoms in total. The zero-order chi connectivity index (χ0) is 11.2. The number of carboxylic acid groups (broad SMARTS) is 1. The van der Waals surface area contributed by atoms with Crippen molar-refractivity contribution in [3.05, 3.63) is 0 Å². The first-order valence-electron chi connectivity index (χ1n) is 3.52. The van der Waals surface area contributed by atoms with Crippen LogP contribution >= 0.6 is 0 Å². The summed E-state index contributed by atoms with van der Waals surface area (Å²) in [5.74, 6) is -1.94. The van der Waals surface area contributed by atoms with Gasteiger partial charge in [-0.1, -0.05) is 0 Å². The summed E-state index contributed by atoms with van der Waals surface area (Å²) in [6.07, 6.45) is -4.79. The number of ether oxygens (including phenoxy) is 1. The average Bonchev–Trinajstić information content (AvgIpc) is 1.98. The summed E-state index contributed by atoms with van der Waals surface area (Å²) in [6, 6.07) is 0. The Labute approximate surface area is 80.5 Å². The van der Waals surface area contributed by atoms with Crippen LogP contribution in [0.5, 0.6) is 0 Å². The van der Waals surface area contributed by atoms with Crippen molar-refractivity contribution in [2.75, 3.05) is 18.3 Å². The summed E-state index contributed by atoms with van der Waals surface area (Å²) >= 11 is 0. The SMILES string of the molecule is O=C(O)CCS(=O)COCC(F)(F)F. The van der Waals surface area contributed by atoms with Crippen molar-refractivity contribution in [2.24, 2.45) is 0 Å². The van der Waals surface area contributed by atoms with E-state index in [9.17, 15) is 22.2 Å². The molecule has 0 saturated carbocycles. The van der Waals surface area contributed by atoms with E-state index in [4.69, 9.17) is 5.11 Å². The maximum absolute atomic E-state index is 11.5. The maximum atomic E-state index is 11.5. The predicted octanol–water partition coefficient (Wildman–Crippen LogP) is 0.746. The molecular formula is C6H9F3O4S. The first kappa shape index (κ1) is 13.4. The molecule has 84 valence electrons. The second-order valence-corrected chi connectivity index (χ2v) is 3.89. The largest absolute Gasteiger partial charge is 0.481 e. The Morgan fingerprint density at radius 2 is 2.00 bits per heavy atom. The molecule has 1 N–H and O–H groups in total. The van der Waals surface area contributed by atoms with Crippen molar-refractivity contribution in [1.82, 2.24) is 0 Å². The highest BCUT2D eigenvalue weighted by molar-refractivity contribution is 7.84. The van der Waals surface area contributed by atoms with Crippen molar-refractivity contribution in [3.8, 4) is 0 Å². The average molecular weight is 234 g/mol. The number of carboxylic acids is 1. The van der Waals surface area contributed by atoms with Gasteiger partial charge in [0.15, 0.2) is 0 Å². The summed E-state index contributed by atoms with van der Waals surface area (Å²) in [4.78, 5) is 9.98. The zero-order valence-corrected chi connectivity index (χ0v) is 7.86. The third kappa shape index (κ3) is 9.46. The molecule has 8 heteroatoms. The fourth-order valence-corrected chi connectivity index (χ4v) is 1.30. The Morgan fingerprint density at radius 3 is 2.43 bits per heavy atom. The molecule has 0 bridgehead atoms. The van der Waals surface area contributed by atoms with Crippen molar-refractivity contribution in [2.45, 2.75) is 12.6 Å². The summed E-state index contributed by atoms with van der Waals surface area (Å²) in [6.45, 7) is -1.47. The first-order chi connectivity index (χ1) is 6.31. The highest BCUT2D eigenvalue weighted by Gasteiger charge is 2.27. The molecule has 1 unspecified atom stereocenters. The van der Waals surface area contributed by atoms with Crippen LogP contribution in [0.1, 0.15) is 6.42 Å². The van der Waals surface area contributed by atoms with E-state index in [0.717, 1.165) is 0 Å². The second kappa shape index (κ2) is 5.97. The van der Waals surface area contributed by atoms with Crippen molar-refractivity contribution >= 4 is 16.8 Å². The standard InChI is InChI=1S/C6H9F3O4S/c7-6(8,9)3-13-4-14(12)2-1-5(10)11/h1-4H2,(H,10,11). The summed E-state index contributed by atoms with van der Waals surface area (Å²) in [5.41, 5.74) is 0. The van der Waals surface area contributed by atoms with Crippen LogP contribution in [0.15, 0.2) is 0 Å². The maximum Gasteiger partial charge on any atom is 0.411 e. The minimum atomic E-state index is -4.45. The van der Waals surface area contributed by atoms with E-state index < -0.39 is 35.5 Å². The normalized spacial score (nSPS) is 13.9. The number of hydrogen-bond donors (Lipinski definition) is 1. The third-order valence-electron chi connectivity index (χ3n) is 1.02. The predicted molar refractivity (Wildman–Crippen MR) is 42.1 cm³/mol. The van der Waals surface area contributed by atoms with Crippen LogP contribution in [0.2, 0.25) is 0 Å². The van der Waals surface area contributed by atoms with Crippen molar-refractivity contribution in [3.63, 3.8) is 0 Å². The molecular weight excluding hydrogens is 225 g/mol. The Hall–Kier alpha value is -0.630. The minimum absolute atomic E-state index is 0.201. The van der Waals surface area contributed by atoms with Gasteiger partial charge in [0, 0.05) is 16.6 Å². The lowest BCUT2D eigenvalue weighted by atomic mass is 10.5. The van der Waals surface area contributed by atoms with E-state index in [1.165, 1.54) is 0 Å². The second-order valence-electron chi connectivity index (χ2n) is 2.37.